The van der Waals surface area contributed by atoms with Gasteiger partial charge in [0, 0.05) is 26.1 Å². The SMILES string of the molecule is COC(=O)NCCC(=O)N1CCCC1. The highest BCUT2D eigenvalue weighted by Crippen LogP contribution is 2.08. The molecule has 0 atom stereocenters. The van der Waals surface area contributed by atoms with Crippen LogP contribution in [0.1, 0.15) is 19.3 Å². The molecule has 2 amide bonds. The second-order valence-electron chi connectivity index (χ2n) is 3.26. The average molecular weight is 200 g/mol. The number of hydrogen-bond acceptors (Lipinski definition) is 3. The predicted molar refractivity (Wildman–Crippen MR) is 50.8 cm³/mol. The fourth-order valence-corrected chi connectivity index (χ4v) is 1.47. The zero-order valence-electron chi connectivity index (χ0n) is 8.41. The Morgan fingerprint density at radius 2 is 2.00 bits per heavy atom. The van der Waals surface area contributed by atoms with Gasteiger partial charge in [-0.05, 0) is 12.8 Å². The van der Waals surface area contributed by atoms with E-state index in [4.69, 9.17) is 0 Å². The Kier molecular flexibility index (Phi) is 4.22. The number of carbonyl (C=O) groups excluding carboxylic acids is 2. The molecular formula is C9H16N2O3. The highest BCUT2D eigenvalue weighted by atomic mass is 16.5. The van der Waals surface area contributed by atoms with E-state index in [2.05, 4.69) is 10.1 Å². The standard InChI is InChI=1S/C9H16N2O3/c1-14-9(13)10-5-4-8(12)11-6-2-3-7-11/h2-7H2,1H3,(H,10,13). The minimum atomic E-state index is -0.487. The Balaban J connectivity index is 2.11. The number of nitrogens with one attached hydrogen (secondary N) is 1. The van der Waals surface area contributed by atoms with Gasteiger partial charge in [-0.3, -0.25) is 4.79 Å². The fraction of sp³-hybridized carbons (Fsp3) is 0.778. The quantitative estimate of drug-likeness (QED) is 0.715. The fourth-order valence-electron chi connectivity index (χ4n) is 1.47. The smallest absolute Gasteiger partial charge is 0.406 e. The van der Waals surface area contributed by atoms with Crippen LogP contribution in [-0.2, 0) is 9.53 Å². The summed E-state index contributed by atoms with van der Waals surface area (Å²) in [6.07, 6.45) is 2.06. The van der Waals surface area contributed by atoms with Crippen molar-refractivity contribution in [3.8, 4) is 0 Å². The van der Waals surface area contributed by atoms with E-state index in [1.165, 1.54) is 7.11 Å². The Hall–Kier alpha value is -1.26. The lowest BCUT2D eigenvalue weighted by Crippen LogP contribution is -2.32. The van der Waals surface area contributed by atoms with E-state index < -0.39 is 6.09 Å². The third-order valence-corrected chi connectivity index (χ3v) is 2.25. The molecule has 1 aliphatic rings. The van der Waals surface area contributed by atoms with Crippen LogP contribution in [0.5, 0.6) is 0 Å². The molecule has 5 nitrogen and oxygen atoms in total. The van der Waals surface area contributed by atoms with Crippen LogP contribution < -0.4 is 5.32 Å². The monoisotopic (exact) mass is 200 g/mol. The maximum absolute atomic E-state index is 11.4. The van der Waals surface area contributed by atoms with Gasteiger partial charge in [-0.25, -0.2) is 4.79 Å². The normalized spacial score (nSPS) is 15.4. The second-order valence-corrected chi connectivity index (χ2v) is 3.26. The molecule has 0 bridgehead atoms. The summed E-state index contributed by atoms with van der Waals surface area (Å²) in [6.45, 7) is 2.07. The third-order valence-electron chi connectivity index (χ3n) is 2.25. The molecular weight excluding hydrogens is 184 g/mol. The molecule has 0 aromatic heterocycles. The van der Waals surface area contributed by atoms with E-state index in [1.54, 1.807) is 0 Å². The molecule has 80 valence electrons. The Labute approximate surface area is 83.4 Å². The van der Waals surface area contributed by atoms with Crippen molar-refractivity contribution in [3.05, 3.63) is 0 Å². The van der Waals surface area contributed by atoms with Crippen LogP contribution in [-0.4, -0.2) is 43.6 Å². The Morgan fingerprint density at radius 3 is 2.57 bits per heavy atom. The number of likely N-dealkylation sites (tertiary alicyclic amines) is 1. The number of carbonyl (C=O) groups is 2. The first-order chi connectivity index (χ1) is 6.74. The summed E-state index contributed by atoms with van der Waals surface area (Å²) in [5.41, 5.74) is 0. The van der Waals surface area contributed by atoms with Crippen molar-refractivity contribution in [1.29, 1.82) is 0 Å². The highest BCUT2D eigenvalue weighted by molar-refractivity contribution is 5.77. The van der Waals surface area contributed by atoms with E-state index in [9.17, 15) is 9.59 Å². The Morgan fingerprint density at radius 1 is 1.36 bits per heavy atom. The molecule has 1 heterocycles. The largest absolute Gasteiger partial charge is 0.453 e. The molecule has 5 heteroatoms. The predicted octanol–water partition coefficient (Wildman–Crippen LogP) is 0.355. The van der Waals surface area contributed by atoms with Crippen molar-refractivity contribution in [2.75, 3.05) is 26.7 Å². The summed E-state index contributed by atoms with van der Waals surface area (Å²) in [5, 5.41) is 2.48. The molecule has 1 rings (SSSR count). The Bertz CT molecular complexity index is 212. The molecule has 0 aliphatic carbocycles. The van der Waals surface area contributed by atoms with Gasteiger partial charge in [0.25, 0.3) is 0 Å². The maximum atomic E-state index is 11.4. The molecule has 1 aliphatic heterocycles. The van der Waals surface area contributed by atoms with Crippen LogP contribution in [0.15, 0.2) is 0 Å². The molecule has 1 fully saturated rings. The van der Waals surface area contributed by atoms with Crippen molar-refractivity contribution in [2.45, 2.75) is 19.3 Å². The van der Waals surface area contributed by atoms with Crippen LogP contribution in [0.25, 0.3) is 0 Å². The van der Waals surface area contributed by atoms with E-state index >= 15 is 0 Å². The number of methoxy groups -OCH3 is 1. The van der Waals surface area contributed by atoms with Crippen LogP contribution in [0.4, 0.5) is 4.79 Å². The van der Waals surface area contributed by atoms with Gasteiger partial charge in [0.1, 0.15) is 0 Å². The van der Waals surface area contributed by atoms with E-state index in [-0.39, 0.29) is 5.91 Å². The van der Waals surface area contributed by atoms with Crippen LogP contribution >= 0.6 is 0 Å². The van der Waals surface area contributed by atoms with Crippen LogP contribution in [0, 0.1) is 0 Å². The first-order valence-corrected chi connectivity index (χ1v) is 4.83. The summed E-state index contributed by atoms with van der Waals surface area (Å²) >= 11 is 0. The van der Waals surface area contributed by atoms with E-state index in [0.717, 1.165) is 25.9 Å². The molecule has 1 N–H and O–H groups in total. The van der Waals surface area contributed by atoms with E-state index in [0.29, 0.717) is 13.0 Å². The zero-order valence-corrected chi connectivity index (χ0v) is 8.41. The lowest BCUT2D eigenvalue weighted by molar-refractivity contribution is -0.129. The van der Waals surface area contributed by atoms with Gasteiger partial charge >= 0.3 is 6.09 Å². The molecule has 0 aromatic carbocycles. The summed E-state index contributed by atoms with van der Waals surface area (Å²) in [7, 11) is 1.30. The average Bonchev–Trinajstić information content (AvgIpc) is 2.70. The maximum Gasteiger partial charge on any atom is 0.406 e. The number of amides is 2. The number of alkyl carbamates (subject to hydrolysis) is 1. The van der Waals surface area contributed by atoms with Gasteiger partial charge in [0.15, 0.2) is 0 Å². The van der Waals surface area contributed by atoms with Crippen LogP contribution in [0.2, 0.25) is 0 Å². The summed E-state index contributed by atoms with van der Waals surface area (Å²) < 4.78 is 4.38. The number of nitrogens with zero attached hydrogens (tertiary/aromatic N) is 1. The lowest BCUT2D eigenvalue weighted by Gasteiger charge is -2.14. The first kappa shape index (κ1) is 10.8. The minimum absolute atomic E-state index is 0.110. The van der Waals surface area contributed by atoms with Crippen molar-refractivity contribution in [3.63, 3.8) is 0 Å². The summed E-state index contributed by atoms with van der Waals surface area (Å²) in [4.78, 5) is 23.9. The molecule has 0 radical (unpaired) electrons. The molecule has 0 spiro atoms. The van der Waals surface area contributed by atoms with Crippen molar-refractivity contribution >= 4 is 12.0 Å². The summed E-state index contributed by atoms with van der Waals surface area (Å²) in [6, 6.07) is 0. The van der Waals surface area contributed by atoms with Gasteiger partial charge in [0.2, 0.25) is 5.91 Å². The number of rotatable bonds is 3. The topological polar surface area (TPSA) is 58.6 Å². The molecule has 1 saturated heterocycles. The lowest BCUT2D eigenvalue weighted by atomic mass is 10.3. The molecule has 0 aromatic rings. The van der Waals surface area contributed by atoms with Gasteiger partial charge in [-0.1, -0.05) is 0 Å². The minimum Gasteiger partial charge on any atom is -0.453 e. The van der Waals surface area contributed by atoms with E-state index in [1.807, 2.05) is 4.90 Å². The molecule has 0 unspecified atom stereocenters. The number of hydrogen-bond donors (Lipinski definition) is 1. The van der Waals surface area contributed by atoms with Gasteiger partial charge in [-0.2, -0.15) is 0 Å². The van der Waals surface area contributed by atoms with Crippen molar-refractivity contribution in [2.24, 2.45) is 0 Å². The van der Waals surface area contributed by atoms with Gasteiger partial charge in [0.05, 0.1) is 7.11 Å². The zero-order chi connectivity index (χ0) is 10.4. The van der Waals surface area contributed by atoms with Crippen molar-refractivity contribution < 1.29 is 14.3 Å². The van der Waals surface area contributed by atoms with Gasteiger partial charge < -0.3 is 15.0 Å². The second kappa shape index (κ2) is 5.47. The highest BCUT2D eigenvalue weighted by Gasteiger charge is 2.17. The molecule has 0 saturated carbocycles. The summed E-state index contributed by atoms with van der Waals surface area (Å²) in [5.74, 6) is 0.110. The third kappa shape index (κ3) is 3.24. The first-order valence-electron chi connectivity index (χ1n) is 4.83. The number of ether oxygens (including phenoxy) is 1. The van der Waals surface area contributed by atoms with Gasteiger partial charge in [-0.15, -0.1) is 0 Å². The van der Waals surface area contributed by atoms with Crippen LogP contribution in [0.3, 0.4) is 0 Å². The van der Waals surface area contributed by atoms with Crippen molar-refractivity contribution in [1.82, 2.24) is 10.2 Å². The molecule has 14 heavy (non-hydrogen) atoms.